The third-order valence-corrected chi connectivity index (χ3v) is 4.31. The van der Waals surface area contributed by atoms with Gasteiger partial charge in [-0.25, -0.2) is 4.98 Å². The molecule has 3 rings (SSSR count). The maximum atomic E-state index is 12.5. The van der Waals surface area contributed by atoms with Gasteiger partial charge < -0.3 is 9.47 Å². The van der Waals surface area contributed by atoms with Crippen molar-refractivity contribution >= 4 is 5.91 Å². The van der Waals surface area contributed by atoms with E-state index in [1.54, 1.807) is 6.20 Å². The summed E-state index contributed by atoms with van der Waals surface area (Å²) in [4.78, 5) is 21.3. The molecule has 3 heterocycles. The predicted octanol–water partition coefficient (Wildman–Crippen LogP) is 0.591. The minimum absolute atomic E-state index is 0.138. The molecule has 7 nitrogen and oxygen atoms in total. The van der Waals surface area contributed by atoms with Crippen LogP contribution >= 0.6 is 0 Å². The second-order valence-electron chi connectivity index (χ2n) is 5.64. The third-order valence-electron chi connectivity index (χ3n) is 4.31. The van der Waals surface area contributed by atoms with Crippen molar-refractivity contribution in [2.75, 3.05) is 26.2 Å². The largest absolute Gasteiger partial charge is 0.339 e. The molecule has 22 heavy (non-hydrogen) atoms. The Labute approximate surface area is 129 Å². The second kappa shape index (κ2) is 6.31. The fourth-order valence-electron chi connectivity index (χ4n) is 3.03. The molecule has 1 aliphatic heterocycles. The van der Waals surface area contributed by atoms with E-state index < -0.39 is 0 Å². The number of rotatable bonds is 4. The molecule has 1 atom stereocenters. The molecule has 0 aliphatic carbocycles. The number of carbonyl (C=O) groups excluding carboxylic acids is 1. The highest BCUT2D eigenvalue weighted by Crippen LogP contribution is 2.24. The predicted molar refractivity (Wildman–Crippen MR) is 82.1 cm³/mol. The molecule has 1 saturated heterocycles. The average Bonchev–Trinajstić information content (AvgIpc) is 3.18. The zero-order valence-corrected chi connectivity index (χ0v) is 13.1. The molecule has 0 radical (unpaired) electrons. The molecule has 118 valence electrons. The van der Waals surface area contributed by atoms with Crippen LogP contribution in [0.4, 0.5) is 0 Å². The van der Waals surface area contributed by atoms with Gasteiger partial charge in [0.05, 0.1) is 12.5 Å². The van der Waals surface area contributed by atoms with Crippen LogP contribution in [-0.4, -0.2) is 61.6 Å². The summed E-state index contributed by atoms with van der Waals surface area (Å²) in [7, 11) is 2.00. The fourth-order valence-corrected chi connectivity index (χ4v) is 3.03. The van der Waals surface area contributed by atoms with Gasteiger partial charge in [-0.3, -0.25) is 14.8 Å². The molecule has 1 unspecified atom stereocenters. The number of nitrogens with zero attached hydrogens (tertiary/aromatic N) is 5. The van der Waals surface area contributed by atoms with Gasteiger partial charge in [0.1, 0.15) is 5.82 Å². The molecule has 0 spiro atoms. The number of hydrogen-bond acceptors (Lipinski definition) is 4. The highest BCUT2D eigenvalue weighted by Gasteiger charge is 2.31. The van der Waals surface area contributed by atoms with Crippen molar-refractivity contribution in [1.29, 1.82) is 0 Å². The summed E-state index contributed by atoms with van der Waals surface area (Å²) in [5, 5.41) is 6.75. The van der Waals surface area contributed by atoms with Crippen LogP contribution in [0.25, 0.3) is 0 Å². The molecule has 0 bridgehead atoms. The SMILES string of the molecule is CCN1CCN(C(=O)Cc2ccn[nH]2)CC1c1nccn1C. The van der Waals surface area contributed by atoms with Crippen LogP contribution in [0.3, 0.4) is 0 Å². The lowest BCUT2D eigenvalue weighted by atomic mass is 10.1. The van der Waals surface area contributed by atoms with Crippen molar-refractivity contribution < 1.29 is 4.79 Å². The van der Waals surface area contributed by atoms with Gasteiger partial charge in [0.2, 0.25) is 5.91 Å². The van der Waals surface area contributed by atoms with Crippen molar-refractivity contribution in [1.82, 2.24) is 29.5 Å². The van der Waals surface area contributed by atoms with E-state index in [0.29, 0.717) is 13.0 Å². The Bertz CT molecular complexity index is 620. The molecular formula is C15H22N6O. The van der Waals surface area contributed by atoms with Crippen molar-refractivity contribution in [2.24, 2.45) is 7.05 Å². The van der Waals surface area contributed by atoms with Gasteiger partial charge in [0.25, 0.3) is 0 Å². The molecule has 1 N–H and O–H groups in total. The maximum Gasteiger partial charge on any atom is 0.228 e. The summed E-state index contributed by atoms with van der Waals surface area (Å²) in [6.45, 7) is 5.44. The number of piperazine rings is 1. The van der Waals surface area contributed by atoms with E-state index in [-0.39, 0.29) is 11.9 Å². The van der Waals surface area contributed by atoms with Crippen LogP contribution < -0.4 is 0 Å². The van der Waals surface area contributed by atoms with E-state index in [4.69, 9.17) is 0 Å². The third kappa shape index (κ3) is 2.89. The number of H-pyrrole nitrogens is 1. The molecule has 0 saturated carbocycles. The number of likely N-dealkylation sites (N-methyl/N-ethyl adjacent to an activating group) is 1. The Morgan fingerprint density at radius 3 is 2.91 bits per heavy atom. The average molecular weight is 302 g/mol. The van der Waals surface area contributed by atoms with Gasteiger partial charge in [0.15, 0.2) is 0 Å². The van der Waals surface area contributed by atoms with Gasteiger partial charge >= 0.3 is 0 Å². The smallest absolute Gasteiger partial charge is 0.228 e. The summed E-state index contributed by atoms with van der Waals surface area (Å²) >= 11 is 0. The van der Waals surface area contributed by atoms with Gasteiger partial charge in [-0.05, 0) is 12.6 Å². The second-order valence-corrected chi connectivity index (χ2v) is 5.64. The Balaban J connectivity index is 1.73. The molecule has 0 aromatic carbocycles. The van der Waals surface area contributed by atoms with Crippen LogP contribution in [0.1, 0.15) is 24.5 Å². The van der Waals surface area contributed by atoms with Crippen molar-refractivity contribution in [3.05, 3.63) is 36.2 Å². The van der Waals surface area contributed by atoms with Gasteiger partial charge in [-0.1, -0.05) is 6.92 Å². The molecule has 7 heteroatoms. The first-order valence-electron chi connectivity index (χ1n) is 7.66. The first-order valence-corrected chi connectivity index (χ1v) is 7.66. The van der Waals surface area contributed by atoms with Crippen LogP contribution in [0.2, 0.25) is 0 Å². The fraction of sp³-hybridized carbons (Fsp3) is 0.533. The Morgan fingerprint density at radius 2 is 2.27 bits per heavy atom. The standard InChI is InChI=1S/C15H22N6O/c1-3-20-8-9-21(14(22)10-12-4-5-17-18-12)11-13(20)15-16-6-7-19(15)2/h4-7,13H,3,8-11H2,1-2H3,(H,17,18). The lowest BCUT2D eigenvalue weighted by molar-refractivity contribution is -0.133. The number of nitrogens with one attached hydrogen (secondary N) is 1. The van der Waals surface area contributed by atoms with E-state index in [9.17, 15) is 4.79 Å². The van der Waals surface area contributed by atoms with Crippen molar-refractivity contribution in [2.45, 2.75) is 19.4 Å². The lowest BCUT2D eigenvalue weighted by Crippen LogP contribution is -2.51. The summed E-state index contributed by atoms with van der Waals surface area (Å²) in [6.07, 6.45) is 5.82. The summed E-state index contributed by atoms with van der Waals surface area (Å²) in [6, 6.07) is 2.00. The Hall–Kier alpha value is -2.15. The molecule has 2 aromatic rings. The molecular weight excluding hydrogens is 280 g/mol. The van der Waals surface area contributed by atoms with Gasteiger partial charge in [0, 0.05) is 51.0 Å². The summed E-state index contributed by atoms with van der Waals surface area (Å²) in [5.41, 5.74) is 0.858. The van der Waals surface area contributed by atoms with Gasteiger partial charge in [-0.15, -0.1) is 0 Å². The topological polar surface area (TPSA) is 70.1 Å². The number of imidazole rings is 1. The number of aromatic amines is 1. The molecule has 1 fully saturated rings. The Morgan fingerprint density at radius 1 is 1.41 bits per heavy atom. The minimum Gasteiger partial charge on any atom is -0.339 e. The van der Waals surface area contributed by atoms with Crippen LogP contribution in [0, 0.1) is 0 Å². The van der Waals surface area contributed by atoms with Crippen LogP contribution in [-0.2, 0) is 18.3 Å². The van der Waals surface area contributed by atoms with E-state index in [2.05, 4.69) is 27.0 Å². The number of aryl methyl sites for hydroxylation is 1. The summed E-state index contributed by atoms with van der Waals surface area (Å²) in [5.74, 6) is 1.15. The van der Waals surface area contributed by atoms with Gasteiger partial charge in [-0.2, -0.15) is 5.10 Å². The molecule has 2 aromatic heterocycles. The highest BCUT2D eigenvalue weighted by molar-refractivity contribution is 5.78. The number of carbonyl (C=O) groups is 1. The number of aromatic nitrogens is 4. The number of amides is 1. The van der Waals surface area contributed by atoms with E-state index in [1.165, 1.54) is 0 Å². The van der Waals surface area contributed by atoms with E-state index in [0.717, 1.165) is 31.2 Å². The highest BCUT2D eigenvalue weighted by atomic mass is 16.2. The monoisotopic (exact) mass is 302 g/mol. The van der Waals surface area contributed by atoms with Crippen LogP contribution in [0.5, 0.6) is 0 Å². The lowest BCUT2D eigenvalue weighted by Gasteiger charge is -2.40. The minimum atomic E-state index is 0.138. The maximum absolute atomic E-state index is 12.5. The molecule has 1 aliphatic rings. The molecule has 1 amide bonds. The van der Waals surface area contributed by atoms with Crippen molar-refractivity contribution in [3.63, 3.8) is 0 Å². The van der Waals surface area contributed by atoms with Crippen LogP contribution in [0.15, 0.2) is 24.7 Å². The first-order chi connectivity index (χ1) is 10.7. The quantitative estimate of drug-likeness (QED) is 0.897. The zero-order chi connectivity index (χ0) is 15.5. The van der Waals surface area contributed by atoms with Crippen molar-refractivity contribution in [3.8, 4) is 0 Å². The Kier molecular flexibility index (Phi) is 4.24. The number of hydrogen-bond donors (Lipinski definition) is 1. The zero-order valence-electron chi connectivity index (χ0n) is 13.1. The normalized spacial score (nSPS) is 19.5. The first kappa shape index (κ1) is 14.8. The van der Waals surface area contributed by atoms with E-state index >= 15 is 0 Å². The summed E-state index contributed by atoms with van der Waals surface area (Å²) < 4.78 is 2.04. The van der Waals surface area contributed by atoms with E-state index in [1.807, 2.05) is 35.0 Å².